The molecule has 2 aliphatic rings. The number of pyridine rings is 1. The first kappa shape index (κ1) is 20.4. The Kier molecular flexibility index (Phi) is 5.22. The van der Waals surface area contributed by atoms with E-state index in [1.165, 1.54) is 0 Å². The number of nitrogens with one attached hydrogen (secondary N) is 1. The molecule has 1 saturated heterocycles. The van der Waals surface area contributed by atoms with Gasteiger partial charge in [0.15, 0.2) is 5.82 Å². The van der Waals surface area contributed by atoms with E-state index in [4.69, 9.17) is 9.72 Å². The van der Waals surface area contributed by atoms with E-state index < -0.39 is 0 Å². The van der Waals surface area contributed by atoms with Gasteiger partial charge >= 0.3 is 0 Å². The van der Waals surface area contributed by atoms with E-state index in [2.05, 4.69) is 25.3 Å². The molecule has 0 saturated carbocycles. The number of likely N-dealkylation sites (N-methyl/N-ethyl adjacent to an activating group) is 1. The Morgan fingerprint density at radius 3 is 2.66 bits per heavy atom. The van der Waals surface area contributed by atoms with Gasteiger partial charge in [-0.25, -0.2) is 4.98 Å². The smallest absolute Gasteiger partial charge is 0.246 e. The molecule has 3 aromatic rings. The van der Waals surface area contributed by atoms with Gasteiger partial charge in [0, 0.05) is 45.1 Å². The van der Waals surface area contributed by atoms with Crippen LogP contribution in [0.4, 0.5) is 23.1 Å². The standard InChI is InChI=1S/C22H26N8O2/c1-14-8-17(15-9-25-28(2)12-15)23-10-18(14)26-22-24-11-19-21(27-22)30(13-20(31)29(19)3)16-4-6-32-7-5-16/h8-12,16H,4-7,13H2,1-3H3,(H,24,26,27). The summed E-state index contributed by atoms with van der Waals surface area (Å²) in [5.74, 6) is 1.29. The number of aryl methyl sites for hydroxylation is 2. The Bertz CT molecular complexity index is 1150. The van der Waals surface area contributed by atoms with Crippen LogP contribution in [0, 0.1) is 6.92 Å². The van der Waals surface area contributed by atoms with Crippen molar-refractivity contribution in [2.45, 2.75) is 25.8 Å². The molecule has 32 heavy (non-hydrogen) atoms. The molecule has 10 heteroatoms. The van der Waals surface area contributed by atoms with Crippen LogP contribution in [0.25, 0.3) is 11.3 Å². The number of amides is 1. The summed E-state index contributed by atoms with van der Waals surface area (Å²) >= 11 is 0. The maximum atomic E-state index is 12.5. The summed E-state index contributed by atoms with van der Waals surface area (Å²) in [7, 11) is 3.65. The highest BCUT2D eigenvalue weighted by molar-refractivity contribution is 6.02. The first-order valence-corrected chi connectivity index (χ1v) is 10.7. The molecule has 1 amide bonds. The van der Waals surface area contributed by atoms with Crippen LogP contribution in [0.15, 0.2) is 30.9 Å². The predicted molar refractivity (Wildman–Crippen MR) is 121 cm³/mol. The Hall–Kier alpha value is -3.53. The molecule has 0 atom stereocenters. The maximum Gasteiger partial charge on any atom is 0.246 e. The largest absolute Gasteiger partial charge is 0.381 e. The molecule has 0 unspecified atom stereocenters. The van der Waals surface area contributed by atoms with Crippen molar-refractivity contribution in [1.82, 2.24) is 24.7 Å². The highest BCUT2D eigenvalue weighted by atomic mass is 16.5. The molecule has 0 bridgehead atoms. The Morgan fingerprint density at radius 2 is 1.94 bits per heavy atom. The minimum atomic E-state index is 0.0411. The predicted octanol–water partition coefficient (Wildman–Crippen LogP) is 2.29. The molecule has 0 aliphatic carbocycles. The molecule has 2 aliphatic heterocycles. The van der Waals surface area contributed by atoms with E-state index in [-0.39, 0.29) is 11.9 Å². The van der Waals surface area contributed by atoms with Gasteiger partial charge in [-0.1, -0.05) is 0 Å². The van der Waals surface area contributed by atoms with Crippen molar-refractivity contribution in [3.8, 4) is 11.3 Å². The van der Waals surface area contributed by atoms with E-state index in [0.29, 0.717) is 25.7 Å². The minimum absolute atomic E-state index is 0.0411. The van der Waals surface area contributed by atoms with Gasteiger partial charge in [0.1, 0.15) is 5.69 Å². The van der Waals surface area contributed by atoms with Gasteiger partial charge in [-0.05, 0) is 31.4 Å². The fourth-order valence-corrected chi connectivity index (χ4v) is 4.15. The zero-order valence-corrected chi connectivity index (χ0v) is 18.4. The number of aromatic nitrogens is 5. The van der Waals surface area contributed by atoms with E-state index in [1.807, 2.05) is 26.2 Å². The summed E-state index contributed by atoms with van der Waals surface area (Å²) in [6.45, 7) is 3.73. The summed E-state index contributed by atoms with van der Waals surface area (Å²) in [6.07, 6.45) is 8.98. The molecule has 10 nitrogen and oxygen atoms in total. The van der Waals surface area contributed by atoms with Gasteiger partial charge < -0.3 is 19.9 Å². The van der Waals surface area contributed by atoms with Crippen LogP contribution in [0.1, 0.15) is 18.4 Å². The number of rotatable bonds is 4. The normalized spacial score (nSPS) is 16.9. The van der Waals surface area contributed by atoms with Crippen LogP contribution >= 0.6 is 0 Å². The average molecular weight is 435 g/mol. The molecule has 3 aromatic heterocycles. The van der Waals surface area contributed by atoms with Crippen molar-refractivity contribution < 1.29 is 9.53 Å². The molecule has 166 valence electrons. The molecule has 1 fully saturated rings. The number of hydrogen-bond donors (Lipinski definition) is 1. The minimum Gasteiger partial charge on any atom is -0.381 e. The van der Waals surface area contributed by atoms with Gasteiger partial charge in [-0.3, -0.25) is 14.5 Å². The molecule has 0 spiro atoms. The summed E-state index contributed by atoms with van der Waals surface area (Å²) < 4.78 is 7.26. The number of carbonyl (C=O) groups excluding carboxylic acids is 1. The van der Waals surface area contributed by atoms with Gasteiger partial charge in [0.2, 0.25) is 11.9 Å². The quantitative estimate of drug-likeness (QED) is 0.667. The second-order valence-corrected chi connectivity index (χ2v) is 8.24. The number of anilines is 4. The van der Waals surface area contributed by atoms with Gasteiger partial charge in [0.05, 0.1) is 36.5 Å². The monoisotopic (exact) mass is 434 g/mol. The van der Waals surface area contributed by atoms with Crippen LogP contribution in [0.2, 0.25) is 0 Å². The molecule has 1 N–H and O–H groups in total. The third-order valence-electron chi connectivity index (χ3n) is 6.05. The zero-order chi connectivity index (χ0) is 22.2. The summed E-state index contributed by atoms with van der Waals surface area (Å²) in [4.78, 5) is 30.1. The van der Waals surface area contributed by atoms with Crippen molar-refractivity contribution >= 4 is 29.0 Å². The van der Waals surface area contributed by atoms with Crippen molar-refractivity contribution in [2.75, 3.05) is 41.9 Å². The van der Waals surface area contributed by atoms with Crippen LogP contribution in [0.5, 0.6) is 0 Å². The molecular formula is C22H26N8O2. The van der Waals surface area contributed by atoms with Crippen LogP contribution in [0.3, 0.4) is 0 Å². The Morgan fingerprint density at radius 1 is 1.12 bits per heavy atom. The van der Waals surface area contributed by atoms with Gasteiger partial charge in [0.25, 0.3) is 0 Å². The third kappa shape index (κ3) is 3.77. The molecule has 0 radical (unpaired) electrons. The Labute approximate surface area is 186 Å². The molecule has 5 heterocycles. The fourth-order valence-electron chi connectivity index (χ4n) is 4.15. The second-order valence-electron chi connectivity index (χ2n) is 8.24. The number of ether oxygens (including phenoxy) is 1. The van der Waals surface area contributed by atoms with Gasteiger partial charge in [-0.2, -0.15) is 10.1 Å². The topological polar surface area (TPSA) is 101 Å². The van der Waals surface area contributed by atoms with Crippen LogP contribution in [-0.4, -0.2) is 63.5 Å². The highest BCUT2D eigenvalue weighted by Gasteiger charge is 2.34. The van der Waals surface area contributed by atoms with Gasteiger partial charge in [-0.15, -0.1) is 0 Å². The van der Waals surface area contributed by atoms with E-state index in [1.54, 1.807) is 35.2 Å². The lowest BCUT2D eigenvalue weighted by atomic mass is 10.1. The average Bonchev–Trinajstić information content (AvgIpc) is 3.24. The van der Waals surface area contributed by atoms with Crippen molar-refractivity contribution in [3.05, 3.63) is 36.4 Å². The van der Waals surface area contributed by atoms with Crippen molar-refractivity contribution in [1.29, 1.82) is 0 Å². The van der Waals surface area contributed by atoms with E-state index in [0.717, 1.165) is 46.9 Å². The third-order valence-corrected chi connectivity index (χ3v) is 6.05. The van der Waals surface area contributed by atoms with E-state index in [9.17, 15) is 4.79 Å². The molecular weight excluding hydrogens is 408 g/mol. The Balaban J connectivity index is 1.43. The number of nitrogens with zero attached hydrogens (tertiary/aromatic N) is 7. The molecule has 5 rings (SSSR count). The van der Waals surface area contributed by atoms with Crippen molar-refractivity contribution in [2.24, 2.45) is 7.05 Å². The van der Waals surface area contributed by atoms with Crippen LogP contribution < -0.4 is 15.1 Å². The lowest BCUT2D eigenvalue weighted by Gasteiger charge is -2.40. The number of carbonyl (C=O) groups is 1. The first-order chi connectivity index (χ1) is 15.5. The lowest BCUT2D eigenvalue weighted by Crippen LogP contribution is -2.50. The lowest BCUT2D eigenvalue weighted by molar-refractivity contribution is -0.117. The summed E-state index contributed by atoms with van der Waals surface area (Å²) in [5.41, 5.74) is 4.40. The first-order valence-electron chi connectivity index (χ1n) is 10.7. The zero-order valence-electron chi connectivity index (χ0n) is 18.4. The maximum absolute atomic E-state index is 12.5. The number of fused-ring (bicyclic) bond motifs is 1. The molecule has 0 aromatic carbocycles. The van der Waals surface area contributed by atoms with Crippen molar-refractivity contribution in [3.63, 3.8) is 0 Å². The van der Waals surface area contributed by atoms with Crippen LogP contribution in [-0.2, 0) is 16.6 Å². The SMILES string of the molecule is Cc1cc(-c2cnn(C)c2)ncc1Nc1ncc2c(n1)N(C1CCOCC1)CC(=O)N2C. The number of hydrogen-bond acceptors (Lipinski definition) is 8. The summed E-state index contributed by atoms with van der Waals surface area (Å²) in [5, 5.41) is 7.51. The second kappa shape index (κ2) is 8.19. The summed E-state index contributed by atoms with van der Waals surface area (Å²) in [6, 6.07) is 2.24. The van der Waals surface area contributed by atoms with E-state index >= 15 is 0 Å². The highest BCUT2D eigenvalue weighted by Crippen LogP contribution is 2.35. The fraction of sp³-hybridized carbons (Fsp3) is 0.409.